The lowest BCUT2D eigenvalue weighted by molar-refractivity contribution is -0.122. The lowest BCUT2D eigenvalue weighted by Gasteiger charge is -2.10. The van der Waals surface area contributed by atoms with Crippen molar-refractivity contribution >= 4 is 5.91 Å². The molecular formula is C8H15N3O. The third-order valence-corrected chi connectivity index (χ3v) is 1.43. The van der Waals surface area contributed by atoms with Crippen molar-refractivity contribution in [1.29, 1.82) is 5.26 Å². The predicted molar refractivity (Wildman–Crippen MR) is 46.4 cm³/mol. The zero-order chi connectivity index (χ0) is 9.40. The van der Waals surface area contributed by atoms with Crippen LogP contribution in [-0.4, -0.2) is 25.0 Å². The molecule has 0 fully saturated rings. The van der Waals surface area contributed by atoms with E-state index < -0.39 is 0 Å². The van der Waals surface area contributed by atoms with Gasteiger partial charge in [0.05, 0.1) is 18.7 Å². The molecule has 1 amide bonds. The van der Waals surface area contributed by atoms with E-state index in [0.717, 1.165) is 6.42 Å². The quantitative estimate of drug-likeness (QED) is 0.570. The minimum atomic E-state index is -0.281. The van der Waals surface area contributed by atoms with Gasteiger partial charge in [0.1, 0.15) is 0 Å². The maximum Gasteiger partial charge on any atom is 0.236 e. The highest BCUT2D eigenvalue weighted by molar-refractivity contribution is 5.81. The number of carbonyl (C=O) groups excluding carboxylic acids is 1. The first-order valence-corrected chi connectivity index (χ1v) is 4.10. The molecule has 0 aliphatic carbocycles. The normalized spacial score (nSPS) is 11.8. The van der Waals surface area contributed by atoms with E-state index in [1.165, 1.54) is 0 Å². The van der Waals surface area contributed by atoms with Crippen molar-refractivity contribution in [3.05, 3.63) is 0 Å². The SMILES string of the molecule is CCCNC(=O)C(C)NCC#N. The maximum absolute atomic E-state index is 11.1. The molecule has 0 aliphatic rings. The standard InChI is InChI=1S/C8H15N3O/c1-3-5-11-8(12)7(2)10-6-4-9/h7,10H,3,5-6H2,1-2H3,(H,11,12). The van der Waals surface area contributed by atoms with Crippen LogP contribution in [0.4, 0.5) is 0 Å². The Morgan fingerprint density at radius 2 is 2.33 bits per heavy atom. The van der Waals surface area contributed by atoms with Crippen molar-refractivity contribution in [2.75, 3.05) is 13.1 Å². The molecule has 0 bridgehead atoms. The van der Waals surface area contributed by atoms with Crippen LogP contribution in [0, 0.1) is 11.3 Å². The summed E-state index contributed by atoms with van der Waals surface area (Å²) in [4.78, 5) is 11.1. The fourth-order valence-corrected chi connectivity index (χ4v) is 0.693. The van der Waals surface area contributed by atoms with Crippen molar-refractivity contribution < 1.29 is 4.79 Å². The predicted octanol–water partition coefficient (Wildman–Crippen LogP) is 0.0143. The molecule has 0 aromatic carbocycles. The Labute approximate surface area is 72.9 Å². The van der Waals surface area contributed by atoms with Gasteiger partial charge in [-0.15, -0.1) is 0 Å². The van der Waals surface area contributed by atoms with Gasteiger partial charge in [-0.3, -0.25) is 10.1 Å². The first-order chi connectivity index (χ1) is 5.72. The second-order valence-electron chi connectivity index (χ2n) is 2.55. The van der Waals surface area contributed by atoms with Gasteiger partial charge in [0.15, 0.2) is 0 Å². The van der Waals surface area contributed by atoms with E-state index >= 15 is 0 Å². The minimum Gasteiger partial charge on any atom is -0.355 e. The largest absolute Gasteiger partial charge is 0.355 e. The van der Waals surface area contributed by atoms with Crippen LogP contribution in [0.5, 0.6) is 0 Å². The summed E-state index contributed by atoms with van der Waals surface area (Å²) in [6.45, 7) is 4.63. The molecule has 4 heteroatoms. The zero-order valence-corrected chi connectivity index (χ0v) is 7.55. The van der Waals surface area contributed by atoms with Crippen LogP contribution in [0.25, 0.3) is 0 Å². The summed E-state index contributed by atoms with van der Waals surface area (Å²) in [5, 5.41) is 13.7. The average Bonchev–Trinajstić information content (AvgIpc) is 2.10. The number of hydrogen-bond acceptors (Lipinski definition) is 3. The molecule has 68 valence electrons. The van der Waals surface area contributed by atoms with Crippen molar-refractivity contribution in [1.82, 2.24) is 10.6 Å². The molecule has 0 spiro atoms. The summed E-state index contributed by atoms with van der Waals surface area (Å²) in [6.07, 6.45) is 0.927. The third kappa shape index (κ3) is 4.69. The highest BCUT2D eigenvalue weighted by atomic mass is 16.2. The van der Waals surface area contributed by atoms with Gasteiger partial charge >= 0.3 is 0 Å². The van der Waals surface area contributed by atoms with Crippen LogP contribution in [-0.2, 0) is 4.79 Å². The fourth-order valence-electron chi connectivity index (χ4n) is 0.693. The second-order valence-corrected chi connectivity index (χ2v) is 2.55. The van der Waals surface area contributed by atoms with Gasteiger partial charge in [0, 0.05) is 6.54 Å². The summed E-state index contributed by atoms with van der Waals surface area (Å²) in [5.74, 6) is -0.0490. The molecule has 0 aliphatic heterocycles. The number of rotatable bonds is 5. The highest BCUT2D eigenvalue weighted by Gasteiger charge is 2.09. The van der Waals surface area contributed by atoms with Crippen LogP contribution >= 0.6 is 0 Å². The molecule has 0 saturated carbocycles. The van der Waals surface area contributed by atoms with Gasteiger partial charge in [0.25, 0.3) is 0 Å². The Kier molecular flexibility index (Phi) is 6.02. The molecule has 1 atom stereocenters. The summed E-state index contributed by atoms with van der Waals surface area (Å²) >= 11 is 0. The first-order valence-electron chi connectivity index (χ1n) is 4.10. The van der Waals surface area contributed by atoms with Gasteiger partial charge < -0.3 is 5.32 Å². The zero-order valence-electron chi connectivity index (χ0n) is 7.55. The van der Waals surface area contributed by atoms with E-state index in [2.05, 4.69) is 10.6 Å². The molecule has 0 radical (unpaired) electrons. The van der Waals surface area contributed by atoms with E-state index in [0.29, 0.717) is 6.54 Å². The van der Waals surface area contributed by atoms with E-state index in [4.69, 9.17) is 5.26 Å². The molecule has 0 rings (SSSR count). The van der Waals surface area contributed by atoms with Crippen LogP contribution in [0.3, 0.4) is 0 Å². The van der Waals surface area contributed by atoms with Crippen molar-refractivity contribution in [2.24, 2.45) is 0 Å². The van der Waals surface area contributed by atoms with Crippen LogP contribution < -0.4 is 10.6 Å². The maximum atomic E-state index is 11.1. The van der Waals surface area contributed by atoms with Gasteiger partial charge in [-0.1, -0.05) is 6.92 Å². The number of hydrogen-bond donors (Lipinski definition) is 2. The van der Waals surface area contributed by atoms with Crippen LogP contribution in [0.1, 0.15) is 20.3 Å². The van der Waals surface area contributed by atoms with Crippen molar-refractivity contribution in [3.63, 3.8) is 0 Å². The van der Waals surface area contributed by atoms with Crippen LogP contribution in [0.2, 0.25) is 0 Å². The Bertz CT molecular complexity index is 174. The molecule has 0 aromatic rings. The van der Waals surface area contributed by atoms with Crippen LogP contribution in [0.15, 0.2) is 0 Å². The topological polar surface area (TPSA) is 64.9 Å². The van der Waals surface area contributed by atoms with Gasteiger partial charge in [-0.25, -0.2) is 0 Å². The molecule has 2 N–H and O–H groups in total. The monoisotopic (exact) mass is 169 g/mol. The summed E-state index contributed by atoms with van der Waals surface area (Å²) in [6, 6.07) is 1.64. The number of carbonyl (C=O) groups is 1. The van der Waals surface area contributed by atoms with Gasteiger partial charge in [0.2, 0.25) is 5.91 Å². The average molecular weight is 169 g/mol. The Balaban J connectivity index is 3.55. The lowest BCUT2D eigenvalue weighted by Crippen LogP contribution is -2.42. The Morgan fingerprint density at radius 1 is 1.67 bits per heavy atom. The van der Waals surface area contributed by atoms with E-state index in [9.17, 15) is 4.79 Å². The fraction of sp³-hybridized carbons (Fsp3) is 0.750. The van der Waals surface area contributed by atoms with Gasteiger partial charge in [-0.2, -0.15) is 5.26 Å². The summed E-state index contributed by atoms with van der Waals surface area (Å²) < 4.78 is 0. The molecule has 0 heterocycles. The Hall–Kier alpha value is -1.08. The van der Waals surface area contributed by atoms with E-state index in [-0.39, 0.29) is 18.5 Å². The lowest BCUT2D eigenvalue weighted by atomic mass is 10.3. The molecule has 1 unspecified atom stereocenters. The minimum absolute atomic E-state index is 0.0490. The Morgan fingerprint density at radius 3 is 2.83 bits per heavy atom. The molecule has 12 heavy (non-hydrogen) atoms. The highest BCUT2D eigenvalue weighted by Crippen LogP contribution is 1.81. The second kappa shape index (κ2) is 6.62. The smallest absolute Gasteiger partial charge is 0.236 e. The van der Waals surface area contributed by atoms with Crippen molar-refractivity contribution in [2.45, 2.75) is 26.3 Å². The first kappa shape index (κ1) is 10.9. The molecule has 0 saturated heterocycles. The third-order valence-electron chi connectivity index (χ3n) is 1.43. The van der Waals surface area contributed by atoms with Gasteiger partial charge in [-0.05, 0) is 13.3 Å². The summed E-state index contributed by atoms with van der Waals surface area (Å²) in [7, 11) is 0. The number of amides is 1. The van der Waals surface area contributed by atoms with E-state index in [1.807, 2.05) is 13.0 Å². The molecular weight excluding hydrogens is 154 g/mol. The molecule has 4 nitrogen and oxygen atoms in total. The van der Waals surface area contributed by atoms with E-state index in [1.54, 1.807) is 6.92 Å². The number of nitrogens with one attached hydrogen (secondary N) is 2. The van der Waals surface area contributed by atoms with Crippen molar-refractivity contribution in [3.8, 4) is 6.07 Å². The number of nitriles is 1. The number of nitrogens with zero attached hydrogens (tertiary/aromatic N) is 1. The summed E-state index contributed by atoms with van der Waals surface area (Å²) in [5.41, 5.74) is 0. The molecule has 0 aromatic heterocycles.